The van der Waals surface area contributed by atoms with E-state index in [0.29, 0.717) is 70.1 Å². The maximum absolute atomic E-state index is 14.7. The Balaban J connectivity index is 1.01. The van der Waals surface area contributed by atoms with Gasteiger partial charge in [0.1, 0.15) is 11.4 Å². The Hall–Kier alpha value is -5.78. The van der Waals surface area contributed by atoms with Crippen LogP contribution in [0.15, 0.2) is 53.2 Å². The molecule has 342 valence electrons. The number of halogens is 2. The lowest BCUT2D eigenvalue weighted by atomic mass is 10.1. The van der Waals surface area contributed by atoms with E-state index in [9.17, 15) is 28.0 Å². The molecule has 0 atom stereocenters. The van der Waals surface area contributed by atoms with Crippen molar-refractivity contribution in [2.24, 2.45) is 5.11 Å². The summed E-state index contributed by atoms with van der Waals surface area (Å²) in [6.07, 6.45) is 3.36. The number of amides is 3. The van der Waals surface area contributed by atoms with Gasteiger partial charge in [-0.15, -0.1) is 11.3 Å². The second kappa shape index (κ2) is 28.7. The van der Waals surface area contributed by atoms with Crippen molar-refractivity contribution in [3.8, 4) is 11.5 Å². The molecule has 0 aliphatic carbocycles. The van der Waals surface area contributed by atoms with Crippen LogP contribution in [0.4, 0.5) is 14.5 Å². The fourth-order valence-corrected chi connectivity index (χ4v) is 6.01. The Morgan fingerprint density at radius 2 is 1.43 bits per heavy atom. The highest BCUT2D eigenvalue weighted by Crippen LogP contribution is 2.25. The Morgan fingerprint density at radius 1 is 0.810 bits per heavy atom. The van der Waals surface area contributed by atoms with Crippen LogP contribution in [0.5, 0.6) is 11.5 Å². The smallest absolute Gasteiger partial charge is 0.313 e. The standard InChI is InChI=1S/C40H50F2N8O12S/c1-55-34-5-4-29(47-39(54)33-27-50-9-22-63-40(50)48-33)25-30(34)38(53)44-7-2-3-35(51)45-26-28-23-31(41)37(32(42)24-28)62-36(52)6-10-56-12-14-58-16-18-60-20-21-61-19-17-59-15-13-57-11-8-46-49-43/h4-5,9,22-25,27H,2-3,6-8,10-21,26H2,1H3,(H,44,53)(H,45,51)(H,47,54). The number of esters is 1. The van der Waals surface area contributed by atoms with Gasteiger partial charge in [-0.1, -0.05) is 5.11 Å². The van der Waals surface area contributed by atoms with Gasteiger partial charge in [0.05, 0.1) is 98.4 Å². The van der Waals surface area contributed by atoms with E-state index in [2.05, 4.69) is 31.0 Å². The number of thiazole rings is 1. The average Bonchev–Trinajstić information content (AvgIpc) is 3.90. The number of ether oxygens (including phenoxy) is 8. The molecular formula is C40H50F2N8O12S. The molecule has 0 unspecified atom stereocenters. The number of rotatable bonds is 32. The number of nitrogens with one attached hydrogen (secondary N) is 3. The number of carbonyl (C=O) groups is 4. The maximum Gasteiger partial charge on any atom is 0.313 e. The van der Waals surface area contributed by atoms with E-state index in [1.165, 1.54) is 24.5 Å². The lowest BCUT2D eigenvalue weighted by Gasteiger charge is -2.12. The molecule has 0 fully saturated rings. The maximum atomic E-state index is 14.7. The van der Waals surface area contributed by atoms with Gasteiger partial charge in [-0.05, 0) is 47.8 Å². The van der Waals surface area contributed by atoms with E-state index < -0.39 is 41.1 Å². The number of benzene rings is 2. The average molecular weight is 905 g/mol. The minimum Gasteiger partial charge on any atom is -0.496 e. The fourth-order valence-electron chi connectivity index (χ4n) is 5.31. The molecule has 3 amide bonds. The van der Waals surface area contributed by atoms with Crippen molar-refractivity contribution in [2.45, 2.75) is 25.8 Å². The van der Waals surface area contributed by atoms with Crippen molar-refractivity contribution in [2.75, 3.05) is 105 Å². The van der Waals surface area contributed by atoms with Gasteiger partial charge in [-0.25, -0.2) is 13.8 Å². The zero-order valence-electron chi connectivity index (χ0n) is 34.6. The van der Waals surface area contributed by atoms with E-state index in [-0.39, 0.29) is 81.3 Å². The van der Waals surface area contributed by atoms with Crippen molar-refractivity contribution < 1.29 is 65.9 Å². The molecule has 23 heteroatoms. The van der Waals surface area contributed by atoms with Crippen LogP contribution in [0, 0.1) is 11.6 Å². The van der Waals surface area contributed by atoms with Crippen LogP contribution >= 0.6 is 11.3 Å². The first-order valence-corrected chi connectivity index (χ1v) is 20.7. The summed E-state index contributed by atoms with van der Waals surface area (Å²) < 4.78 is 73.4. The normalized spacial score (nSPS) is 11.0. The highest BCUT2D eigenvalue weighted by atomic mass is 32.1. The third-order valence-electron chi connectivity index (χ3n) is 8.37. The summed E-state index contributed by atoms with van der Waals surface area (Å²) in [6, 6.07) is 6.50. The van der Waals surface area contributed by atoms with Crippen LogP contribution in [0.1, 0.15) is 45.7 Å². The molecule has 63 heavy (non-hydrogen) atoms. The highest BCUT2D eigenvalue weighted by Gasteiger charge is 2.19. The summed E-state index contributed by atoms with van der Waals surface area (Å²) in [5.41, 5.74) is 8.99. The predicted molar refractivity (Wildman–Crippen MR) is 223 cm³/mol. The molecule has 0 aliphatic heterocycles. The zero-order valence-corrected chi connectivity index (χ0v) is 35.5. The number of hydrogen-bond donors (Lipinski definition) is 3. The van der Waals surface area contributed by atoms with Gasteiger partial charge < -0.3 is 53.8 Å². The number of hydrogen-bond acceptors (Lipinski definition) is 15. The number of methoxy groups -OCH3 is 1. The monoisotopic (exact) mass is 904 g/mol. The van der Waals surface area contributed by atoms with Gasteiger partial charge in [0, 0.05) is 54.4 Å². The van der Waals surface area contributed by atoms with Crippen LogP contribution in [-0.4, -0.2) is 133 Å². The van der Waals surface area contributed by atoms with E-state index in [1.54, 1.807) is 28.9 Å². The molecular weight excluding hydrogens is 855 g/mol. The third kappa shape index (κ3) is 18.6. The molecule has 0 saturated carbocycles. The van der Waals surface area contributed by atoms with Gasteiger partial charge in [0.25, 0.3) is 11.8 Å². The van der Waals surface area contributed by atoms with E-state index in [0.717, 1.165) is 12.1 Å². The minimum absolute atomic E-state index is 0.00425. The largest absolute Gasteiger partial charge is 0.496 e. The molecule has 0 radical (unpaired) electrons. The number of imidazole rings is 1. The van der Waals surface area contributed by atoms with Gasteiger partial charge in [-0.2, -0.15) is 0 Å². The van der Waals surface area contributed by atoms with E-state index in [1.807, 2.05) is 5.38 Å². The first-order valence-electron chi connectivity index (χ1n) is 19.8. The zero-order chi connectivity index (χ0) is 45.1. The number of nitrogens with zero attached hydrogens (tertiary/aromatic N) is 5. The van der Waals surface area contributed by atoms with Crippen molar-refractivity contribution in [1.82, 2.24) is 20.0 Å². The van der Waals surface area contributed by atoms with Crippen molar-refractivity contribution in [1.29, 1.82) is 0 Å². The Bertz CT molecular complexity index is 2070. The first-order chi connectivity index (χ1) is 30.7. The molecule has 0 saturated heterocycles. The number of anilines is 1. The van der Waals surface area contributed by atoms with Crippen molar-refractivity contribution >= 4 is 45.7 Å². The summed E-state index contributed by atoms with van der Waals surface area (Å²) >= 11 is 1.39. The van der Waals surface area contributed by atoms with Gasteiger partial charge in [-0.3, -0.25) is 23.6 Å². The molecule has 2 heterocycles. The molecule has 4 rings (SSSR count). The first kappa shape index (κ1) is 49.9. The number of azide groups is 1. The number of aromatic nitrogens is 2. The second-order valence-electron chi connectivity index (χ2n) is 13.0. The fraction of sp³-hybridized carbons (Fsp3) is 0.475. The quantitative estimate of drug-likeness (QED) is 0.0153. The highest BCUT2D eigenvalue weighted by molar-refractivity contribution is 7.15. The molecule has 0 bridgehead atoms. The molecule has 0 aliphatic rings. The van der Waals surface area contributed by atoms with Gasteiger partial charge in [0.15, 0.2) is 16.6 Å². The SMILES string of the molecule is COc1ccc(NC(=O)c2cn3ccsc3n2)cc1C(=O)NCCCC(=O)NCc1cc(F)c(OC(=O)CCOCCOCCOCCOCCOCCOCCN=[N+]=[N-])c(F)c1. The molecule has 2 aromatic carbocycles. The molecule has 3 N–H and O–H groups in total. The number of fused-ring (bicyclic) bond motifs is 1. The second-order valence-corrected chi connectivity index (χ2v) is 13.8. The lowest BCUT2D eigenvalue weighted by Crippen LogP contribution is -2.27. The minimum atomic E-state index is -1.12. The van der Waals surface area contributed by atoms with Crippen LogP contribution in [0.3, 0.4) is 0 Å². The van der Waals surface area contributed by atoms with Crippen LogP contribution < -0.4 is 25.4 Å². The number of carbonyl (C=O) groups excluding carboxylic acids is 4. The topological polar surface area (TPSA) is 244 Å². The Kier molecular flexibility index (Phi) is 22.8. The van der Waals surface area contributed by atoms with E-state index in [4.69, 9.17) is 43.4 Å². The van der Waals surface area contributed by atoms with Crippen LogP contribution in [-0.2, 0) is 44.6 Å². The van der Waals surface area contributed by atoms with Crippen LogP contribution in [0.25, 0.3) is 15.4 Å². The summed E-state index contributed by atoms with van der Waals surface area (Å²) in [6.45, 7) is 3.96. The van der Waals surface area contributed by atoms with Gasteiger partial charge >= 0.3 is 5.97 Å². The lowest BCUT2D eigenvalue weighted by molar-refractivity contribution is -0.136. The van der Waals surface area contributed by atoms with E-state index >= 15 is 0 Å². The summed E-state index contributed by atoms with van der Waals surface area (Å²) in [5, 5.41) is 13.2. The third-order valence-corrected chi connectivity index (χ3v) is 9.14. The summed E-state index contributed by atoms with van der Waals surface area (Å²) in [7, 11) is 1.40. The summed E-state index contributed by atoms with van der Waals surface area (Å²) in [5.74, 6) is -5.10. The Labute approximate surface area is 365 Å². The van der Waals surface area contributed by atoms with Crippen molar-refractivity contribution in [3.05, 3.63) is 87.0 Å². The van der Waals surface area contributed by atoms with Crippen molar-refractivity contribution in [3.63, 3.8) is 0 Å². The van der Waals surface area contributed by atoms with Gasteiger partial charge in [0.2, 0.25) is 11.7 Å². The van der Waals surface area contributed by atoms with Crippen LogP contribution in [0.2, 0.25) is 0 Å². The molecule has 0 spiro atoms. The Morgan fingerprint density at radius 3 is 2.03 bits per heavy atom. The predicted octanol–water partition coefficient (Wildman–Crippen LogP) is 4.47. The molecule has 20 nitrogen and oxygen atoms in total. The molecule has 2 aromatic heterocycles. The summed E-state index contributed by atoms with van der Waals surface area (Å²) in [4.78, 5) is 57.9. The molecule has 4 aromatic rings.